The van der Waals surface area contributed by atoms with Crippen LogP contribution in [0.3, 0.4) is 0 Å². The smallest absolute Gasteiger partial charge is 0.248 e. The van der Waals surface area contributed by atoms with Gasteiger partial charge in [0.15, 0.2) is 0 Å². The Bertz CT molecular complexity index is 1040. The number of hydrogen-bond donors (Lipinski definition) is 1. The monoisotopic (exact) mass is 326 g/mol. The van der Waals surface area contributed by atoms with Gasteiger partial charge in [0.1, 0.15) is 0 Å². The van der Waals surface area contributed by atoms with E-state index in [1.807, 2.05) is 30.5 Å². The Kier molecular flexibility index (Phi) is 4.13. The van der Waals surface area contributed by atoms with Crippen molar-refractivity contribution in [3.8, 4) is 0 Å². The van der Waals surface area contributed by atoms with Gasteiger partial charge in [-0.3, -0.25) is 9.78 Å². The molecule has 0 radical (unpaired) electrons. The van der Waals surface area contributed by atoms with Crippen molar-refractivity contribution in [1.29, 1.82) is 0 Å². The molecule has 2 aromatic heterocycles. The number of aromatic nitrogens is 2. The zero-order valence-corrected chi connectivity index (χ0v) is 13.7. The number of nitrogens with one attached hydrogen (secondary N) is 1. The number of nitrogens with zero attached hydrogens (tertiary/aromatic N) is 1. The topological polar surface area (TPSA) is 45.8 Å². The molecule has 0 saturated carbocycles. The molecule has 3 nitrogen and oxygen atoms in total. The zero-order chi connectivity index (χ0) is 17.1. The second kappa shape index (κ2) is 6.73. The van der Waals surface area contributed by atoms with E-state index in [4.69, 9.17) is 0 Å². The largest absolute Gasteiger partial charge is 0.322 e. The van der Waals surface area contributed by atoms with E-state index in [-0.39, 0.29) is 11.5 Å². The summed E-state index contributed by atoms with van der Waals surface area (Å²) >= 11 is 0. The summed E-state index contributed by atoms with van der Waals surface area (Å²) in [6.45, 7) is 0. The summed E-state index contributed by atoms with van der Waals surface area (Å²) in [5, 5.41) is 1.05. The molecule has 4 aromatic rings. The molecule has 0 saturated heterocycles. The van der Waals surface area contributed by atoms with Gasteiger partial charge in [-0.15, -0.1) is 0 Å². The van der Waals surface area contributed by atoms with E-state index in [0.29, 0.717) is 0 Å². The minimum atomic E-state index is -0.0739. The summed E-state index contributed by atoms with van der Waals surface area (Å²) in [7, 11) is 0. The standard InChI is InChI=1S/C22H18N2O/c25-22-11-9-19-14-18(8-10-21(19)24-22)20(17-6-2-1-3-7-17)13-16-5-4-12-23-15-16/h1-12,14-15,20H,13H2,(H,24,25). The summed E-state index contributed by atoms with van der Waals surface area (Å²) in [6.07, 6.45) is 4.61. The van der Waals surface area contributed by atoms with Crippen LogP contribution in [-0.2, 0) is 6.42 Å². The van der Waals surface area contributed by atoms with Crippen molar-refractivity contribution in [2.45, 2.75) is 12.3 Å². The van der Waals surface area contributed by atoms with E-state index in [1.54, 1.807) is 12.3 Å². The number of hydrogen-bond acceptors (Lipinski definition) is 2. The van der Waals surface area contributed by atoms with Crippen molar-refractivity contribution in [2.24, 2.45) is 0 Å². The van der Waals surface area contributed by atoms with Crippen LogP contribution in [0.4, 0.5) is 0 Å². The van der Waals surface area contributed by atoms with E-state index in [0.717, 1.165) is 17.3 Å². The van der Waals surface area contributed by atoms with E-state index in [9.17, 15) is 4.79 Å². The first-order chi connectivity index (χ1) is 12.3. The molecule has 4 rings (SSSR count). The lowest BCUT2D eigenvalue weighted by Crippen LogP contribution is -2.07. The number of pyridine rings is 2. The number of fused-ring (bicyclic) bond motifs is 1. The van der Waals surface area contributed by atoms with Crippen LogP contribution in [0, 0.1) is 0 Å². The zero-order valence-electron chi connectivity index (χ0n) is 13.7. The second-order valence-electron chi connectivity index (χ2n) is 6.20. The molecule has 0 spiro atoms. The van der Waals surface area contributed by atoms with E-state index < -0.39 is 0 Å². The highest BCUT2D eigenvalue weighted by atomic mass is 16.1. The Morgan fingerprint density at radius 3 is 2.56 bits per heavy atom. The highest BCUT2D eigenvalue weighted by molar-refractivity contribution is 5.79. The van der Waals surface area contributed by atoms with Gasteiger partial charge in [0.25, 0.3) is 0 Å². The van der Waals surface area contributed by atoms with E-state index >= 15 is 0 Å². The number of aromatic amines is 1. The molecule has 25 heavy (non-hydrogen) atoms. The molecule has 0 fully saturated rings. The first-order valence-electron chi connectivity index (χ1n) is 8.36. The fraction of sp³-hybridized carbons (Fsp3) is 0.0909. The van der Waals surface area contributed by atoms with Crippen molar-refractivity contribution in [3.63, 3.8) is 0 Å². The quantitative estimate of drug-likeness (QED) is 0.608. The molecule has 0 aliphatic heterocycles. The molecular weight excluding hydrogens is 308 g/mol. The van der Waals surface area contributed by atoms with Crippen molar-refractivity contribution >= 4 is 10.9 Å². The third-order valence-electron chi connectivity index (χ3n) is 4.51. The molecule has 0 amide bonds. The Morgan fingerprint density at radius 2 is 1.76 bits per heavy atom. The molecule has 2 heterocycles. The lowest BCUT2D eigenvalue weighted by molar-refractivity contribution is 0.802. The van der Waals surface area contributed by atoms with Crippen molar-refractivity contribution in [2.75, 3.05) is 0 Å². The van der Waals surface area contributed by atoms with Gasteiger partial charge in [-0.25, -0.2) is 0 Å². The van der Waals surface area contributed by atoms with Crippen LogP contribution in [-0.4, -0.2) is 9.97 Å². The van der Waals surface area contributed by atoms with Crippen LogP contribution in [0.15, 0.2) is 90.0 Å². The van der Waals surface area contributed by atoms with Crippen molar-refractivity contribution < 1.29 is 0 Å². The van der Waals surface area contributed by atoms with Crippen LogP contribution in [0.2, 0.25) is 0 Å². The van der Waals surface area contributed by atoms with E-state index in [2.05, 4.69) is 52.4 Å². The number of H-pyrrole nitrogens is 1. The normalized spacial score (nSPS) is 12.2. The lowest BCUT2D eigenvalue weighted by atomic mass is 9.86. The summed E-state index contributed by atoms with van der Waals surface area (Å²) in [6, 6.07) is 24.3. The fourth-order valence-corrected chi connectivity index (χ4v) is 3.26. The maximum absolute atomic E-state index is 11.5. The van der Waals surface area contributed by atoms with Gasteiger partial charge < -0.3 is 4.98 Å². The predicted octanol–water partition coefficient (Wildman–Crippen LogP) is 4.30. The summed E-state index contributed by atoms with van der Waals surface area (Å²) in [4.78, 5) is 18.6. The number of benzene rings is 2. The second-order valence-corrected chi connectivity index (χ2v) is 6.20. The molecule has 2 aromatic carbocycles. The maximum atomic E-state index is 11.5. The Morgan fingerprint density at radius 1 is 0.880 bits per heavy atom. The summed E-state index contributed by atoms with van der Waals surface area (Å²) < 4.78 is 0. The van der Waals surface area contributed by atoms with Gasteiger partial charge in [0.05, 0.1) is 0 Å². The van der Waals surface area contributed by atoms with Gasteiger partial charge in [-0.1, -0.05) is 42.5 Å². The van der Waals surface area contributed by atoms with Crippen LogP contribution in [0.1, 0.15) is 22.6 Å². The number of rotatable bonds is 4. The Balaban J connectivity index is 1.80. The molecule has 0 aliphatic rings. The average Bonchev–Trinajstić information content (AvgIpc) is 2.67. The minimum Gasteiger partial charge on any atom is -0.322 e. The predicted molar refractivity (Wildman–Crippen MR) is 101 cm³/mol. The SMILES string of the molecule is O=c1ccc2cc(C(Cc3cccnc3)c3ccccc3)ccc2[nH]1. The minimum absolute atomic E-state index is 0.0739. The third-order valence-corrected chi connectivity index (χ3v) is 4.51. The molecule has 3 heteroatoms. The van der Waals surface area contributed by atoms with Gasteiger partial charge in [0.2, 0.25) is 5.56 Å². The Labute approximate surface area is 146 Å². The first kappa shape index (κ1) is 15.3. The molecule has 1 unspecified atom stereocenters. The summed E-state index contributed by atoms with van der Waals surface area (Å²) in [5.74, 6) is 0.238. The average molecular weight is 326 g/mol. The lowest BCUT2D eigenvalue weighted by Gasteiger charge is -2.19. The van der Waals surface area contributed by atoms with Gasteiger partial charge in [0, 0.05) is 29.9 Å². The van der Waals surface area contributed by atoms with Crippen molar-refractivity contribution in [1.82, 2.24) is 9.97 Å². The van der Waals surface area contributed by atoms with Crippen LogP contribution < -0.4 is 5.56 Å². The molecule has 1 atom stereocenters. The highest BCUT2D eigenvalue weighted by Gasteiger charge is 2.15. The molecule has 122 valence electrons. The van der Waals surface area contributed by atoms with Gasteiger partial charge in [-0.2, -0.15) is 0 Å². The maximum Gasteiger partial charge on any atom is 0.248 e. The molecule has 0 bridgehead atoms. The molecular formula is C22H18N2O. The van der Waals surface area contributed by atoms with E-state index in [1.165, 1.54) is 16.7 Å². The molecule has 0 aliphatic carbocycles. The van der Waals surface area contributed by atoms with Crippen LogP contribution >= 0.6 is 0 Å². The van der Waals surface area contributed by atoms with Gasteiger partial charge >= 0.3 is 0 Å². The summed E-state index contributed by atoms with van der Waals surface area (Å²) in [5.41, 5.74) is 4.50. The first-order valence-corrected chi connectivity index (χ1v) is 8.36. The van der Waals surface area contributed by atoms with Crippen LogP contribution in [0.25, 0.3) is 10.9 Å². The van der Waals surface area contributed by atoms with Gasteiger partial charge in [-0.05, 0) is 52.8 Å². The third kappa shape index (κ3) is 3.36. The fourth-order valence-electron chi connectivity index (χ4n) is 3.26. The van der Waals surface area contributed by atoms with Crippen LogP contribution in [0.5, 0.6) is 0 Å². The Hall–Kier alpha value is -3.20. The van der Waals surface area contributed by atoms with Crippen molar-refractivity contribution in [3.05, 3.63) is 112 Å². The highest BCUT2D eigenvalue weighted by Crippen LogP contribution is 2.30. The molecule has 1 N–H and O–H groups in total.